The minimum Gasteiger partial charge on any atom is -0.493 e. The van der Waals surface area contributed by atoms with Crippen LogP contribution in [0.5, 0.6) is 5.75 Å². The molecule has 0 amide bonds. The Hall–Kier alpha value is -2.00. The molecular formula is C24H32N2O. The van der Waals surface area contributed by atoms with E-state index in [-0.39, 0.29) is 0 Å². The van der Waals surface area contributed by atoms with Crippen molar-refractivity contribution in [1.29, 1.82) is 0 Å². The highest BCUT2D eigenvalue weighted by molar-refractivity contribution is 5.81. The minimum atomic E-state index is 0.554. The summed E-state index contributed by atoms with van der Waals surface area (Å²) in [6, 6.07) is 15.8. The Morgan fingerprint density at radius 2 is 1.78 bits per heavy atom. The second-order valence-corrected chi connectivity index (χ2v) is 7.86. The molecule has 3 nitrogen and oxygen atoms in total. The average Bonchev–Trinajstić information content (AvgIpc) is 2.89. The topological polar surface area (TPSA) is 33.3 Å². The summed E-state index contributed by atoms with van der Waals surface area (Å²) in [6.07, 6.45) is 7.32. The Bertz CT molecular complexity index is 758. The Morgan fingerprint density at radius 1 is 0.926 bits per heavy atom. The number of unbranched alkanes of at least 4 members (excludes halogenated alkanes) is 3. The van der Waals surface area contributed by atoms with Crippen molar-refractivity contribution < 1.29 is 4.74 Å². The molecule has 3 heteroatoms. The third-order valence-corrected chi connectivity index (χ3v) is 6.00. The first-order chi connectivity index (χ1) is 13.4. The molecule has 0 aliphatic carbocycles. The van der Waals surface area contributed by atoms with Crippen LogP contribution < -0.4 is 15.4 Å². The van der Waals surface area contributed by atoms with Gasteiger partial charge in [0, 0.05) is 23.2 Å². The number of benzene rings is 2. The van der Waals surface area contributed by atoms with E-state index in [4.69, 9.17) is 4.74 Å². The van der Waals surface area contributed by atoms with Crippen LogP contribution >= 0.6 is 0 Å². The van der Waals surface area contributed by atoms with Crippen molar-refractivity contribution in [3.63, 3.8) is 0 Å². The molecule has 2 aromatic rings. The molecule has 0 unspecified atom stereocenters. The molecule has 0 spiro atoms. The van der Waals surface area contributed by atoms with E-state index in [0.717, 1.165) is 31.9 Å². The fourth-order valence-corrected chi connectivity index (χ4v) is 4.61. The van der Waals surface area contributed by atoms with Gasteiger partial charge in [-0.05, 0) is 55.6 Å². The number of hydrogen-bond acceptors (Lipinski definition) is 3. The number of para-hydroxylation sites is 1. The van der Waals surface area contributed by atoms with Gasteiger partial charge in [-0.1, -0.05) is 56.5 Å². The zero-order valence-electron chi connectivity index (χ0n) is 16.5. The highest BCUT2D eigenvalue weighted by Gasteiger charge is 2.35. The smallest absolute Gasteiger partial charge is 0.127 e. The van der Waals surface area contributed by atoms with E-state index in [2.05, 4.69) is 60.0 Å². The fourth-order valence-electron chi connectivity index (χ4n) is 4.61. The summed E-state index contributed by atoms with van der Waals surface area (Å²) in [5.41, 5.74) is 5.40. The van der Waals surface area contributed by atoms with E-state index in [1.807, 2.05) is 0 Å². The Labute approximate surface area is 163 Å². The third-order valence-electron chi connectivity index (χ3n) is 6.00. The van der Waals surface area contributed by atoms with Gasteiger partial charge < -0.3 is 15.4 Å². The fraction of sp³-hybridized carbons (Fsp3) is 0.500. The van der Waals surface area contributed by atoms with Gasteiger partial charge in [0.15, 0.2) is 0 Å². The summed E-state index contributed by atoms with van der Waals surface area (Å²) in [5.74, 6) is 1.61. The average molecular weight is 365 g/mol. The summed E-state index contributed by atoms with van der Waals surface area (Å²) < 4.78 is 6.23. The Kier molecular flexibility index (Phi) is 5.98. The molecule has 2 aliphatic rings. The van der Waals surface area contributed by atoms with Gasteiger partial charge in [0.2, 0.25) is 0 Å². The predicted molar refractivity (Wildman–Crippen MR) is 114 cm³/mol. The number of ether oxygens (including phenoxy) is 1. The van der Waals surface area contributed by atoms with E-state index in [0.29, 0.717) is 12.0 Å². The van der Waals surface area contributed by atoms with Crippen LogP contribution in [0.3, 0.4) is 0 Å². The summed E-state index contributed by atoms with van der Waals surface area (Å²) in [4.78, 5) is 0. The highest BCUT2D eigenvalue weighted by Crippen LogP contribution is 2.46. The number of nitrogens with one attached hydrogen (secondary N) is 2. The molecule has 0 bridgehead atoms. The molecule has 0 saturated carbocycles. The van der Waals surface area contributed by atoms with Crippen LogP contribution in [0, 0.1) is 0 Å². The van der Waals surface area contributed by atoms with Crippen LogP contribution in [-0.4, -0.2) is 25.7 Å². The third kappa shape index (κ3) is 3.98. The zero-order valence-corrected chi connectivity index (χ0v) is 16.5. The monoisotopic (exact) mass is 364 g/mol. The molecule has 1 fully saturated rings. The standard InChI is InChI=1S/C24H32N2O/c1-2-3-4-7-17-27-23-12-6-5-9-18(23)19-10-8-11-22-24(19)20-13-15-25-16-14-21(20)26-22/h5-6,8-12,20-21,25-26H,2-4,7,13-17H2,1H3/t20-,21-/m0/s1. The predicted octanol–water partition coefficient (Wildman–Crippen LogP) is 5.57. The summed E-state index contributed by atoms with van der Waals surface area (Å²) in [6.45, 7) is 5.26. The SMILES string of the molecule is CCCCCCOc1ccccc1-c1cccc2c1[C@H]1CCNCC[C@@H]1N2. The first-order valence-corrected chi connectivity index (χ1v) is 10.7. The normalized spacial score (nSPS) is 21.1. The van der Waals surface area contributed by atoms with Crippen LogP contribution in [0.2, 0.25) is 0 Å². The van der Waals surface area contributed by atoms with Crippen molar-refractivity contribution in [3.8, 4) is 16.9 Å². The van der Waals surface area contributed by atoms with Gasteiger partial charge in [-0.25, -0.2) is 0 Å². The summed E-state index contributed by atoms with van der Waals surface area (Å²) in [5, 5.41) is 7.35. The first-order valence-electron chi connectivity index (χ1n) is 10.7. The first kappa shape index (κ1) is 18.4. The quantitative estimate of drug-likeness (QED) is 0.630. The molecule has 2 aliphatic heterocycles. The summed E-state index contributed by atoms with van der Waals surface area (Å²) >= 11 is 0. The zero-order chi connectivity index (χ0) is 18.5. The van der Waals surface area contributed by atoms with Crippen LogP contribution in [0.1, 0.15) is 56.9 Å². The lowest BCUT2D eigenvalue weighted by atomic mass is 9.85. The molecule has 0 aromatic heterocycles. The second-order valence-electron chi connectivity index (χ2n) is 7.86. The molecule has 2 aromatic carbocycles. The van der Waals surface area contributed by atoms with Crippen molar-refractivity contribution in [2.75, 3.05) is 25.0 Å². The van der Waals surface area contributed by atoms with E-state index in [9.17, 15) is 0 Å². The maximum absolute atomic E-state index is 6.23. The van der Waals surface area contributed by atoms with Gasteiger partial charge >= 0.3 is 0 Å². The second kappa shape index (κ2) is 8.79. The number of fused-ring (bicyclic) bond motifs is 3. The van der Waals surface area contributed by atoms with Gasteiger partial charge in [-0.2, -0.15) is 0 Å². The number of rotatable bonds is 7. The van der Waals surface area contributed by atoms with E-state index >= 15 is 0 Å². The van der Waals surface area contributed by atoms with Gasteiger partial charge in [-0.3, -0.25) is 0 Å². The molecule has 4 rings (SSSR count). The van der Waals surface area contributed by atoms with Gasteiger partial charge in [-0.15, -0.1) is 0 Å². The molecule has 0 radical (unpaired) electrons. The van der Waals surface area contributed by atoms with Crippen LogP contribution in [0.4, 0.5) is 5.69 Å². The maximum atomic E-state index is 6.23. The Morgan fingerprint density at radius 3 is 2.70 bits per heavy atom. The number of hydrogen-bond donors (Lipinski definition) is 2. The van der Waals surface area contributed by atoms with Crippen LogP contribution in [0.25, 0.3) is 11.1 Å². The minimum absolute atomic E-state index is 0.554. The molecule has 144 valence electrons. The Balaban J connectivity index is 1.61. The van der Waals surface area contributed by atoms with Crippen molar-refractivity contribution in [1.82, 2.24) is 5.32 Å². The molecule has 27 heavy (non-hydrogen) atoms. The van der Waals surface area contributed by atoms with E-state index in [1.54, 1.807) is 0 Å². The molecule has 2 heterocycles. The lowest BCUT2D eigenvalue weighted by molar-refractivity contribution is 0.306. The van der Waals surface area contributed by atoms with Crippen molar-refractivity contribution in [2.24, 2.45) is 0 Å². The lowest BCUT2D eigenvalue weighted by Crippen LogP contribution is -2.21. The van der Waals surface area contributed by atoms with Crippen molar-refractivity contribution in [3.05, 3.63) is 48.0 Å². The van der Waals surface area contributed by atoms with Crippen LogP contribution in [0.15, 0.2) is 42.5 Å². The highest BCUT2D eigenvalue weighted by atomic mass is 16.5. The summed E-state index contributed by atoms with van der Waals surface area (Å²) in [7, 11) is 0. The number of anilines is 1. The maximum Gasteiger partial charge on any atom is 0.127 e. The van der Waals surface area contributed by atoms with E-state index in [1.165, 1.54) is 54.5 Å². The molecular weight excluding hydrogens is 332 g/mol. The molecule has 2 atom stereocenters. The van der Waals surface area contributed by atoms with Gasteiger partial charge in [0.1, 0.15) is 5.75 Å². The van der Waals surface area contributed by atoms with E-state index < -0.39 is 0 Å². The molecule has 2 N–H and O–H groups in total. The largest absolute Gasteiger partial charge is 0.493 e. The van der Waals surface area contributed by atoms with Gasteiger partial charge in [0.05, 0.1) is 6.61 Å². The molecule has 1 saturated heterocycles. The lowest BCUT2D eigenvalue weighted by Gasteiger charge is -2.19. The van der Waals surface area contributed by atoms with Crippen molar-refractivity contribution in [2.45, 2.75) is 57.4 Å². The van der Waals surface area contributed by atoms with Gasteiger partial charge in [0.25, 0.3) is 0 Å². The van der Waals surface area contributed by atoms with Crippen LogP contribution in [-0.2, 0) is 0 Å². The van der Waals surface area contributed by atoms with Crippen molar-refractivity contribution >= 4 is 5.69 Å².